The zero-order valence-corrected chi connectivity index (χ0v) is 12.7. The first kappa shape index (κ1) is 15.8. The Bertz CT molecular complexity index is 605. The molecule has 0 spiro atoms. The molecule has 0 amide bonds. The summed E-state index contributed by atoms with van der Waals surface area (Å²) in [7, 11) is 0. The summed E-state index contributed by atoms with van der Waals surface area (Å²) < 4.78 is 24.7. The van der Waals surface area contributed by atoms with Gasteiger partial charge in [0, 0.05) is 18.0 Å². The van der Waals surface area contributed by atoms with Crippen molar-refractivity contribution < 1.29 is 13.9 Å². The van der Waals surface area contributed by atoms with Crippen LogP contribution in [0.15, 0.2) is 6.07 Å². The second kappa shape index (κ2) is 6.95. The van der Waals surface area contributed by atoms with Crippen molar-refractivity contribution in [1.82, 2.24) is 9.97 Å². The highest BCUT2D eigenvalue weighted by Crippen LogP contribution is 2.30. The summed E-state index contributed by atoms with van der Waals surface area (Å²) in [5.41, 5.74) is 0. The van der Waals surface area contributed by atoms with Crippen LogP contribution in [0.25, 0.3) is 10.2 Å². The van der Waals surface area contributed by atoms with Gasteiger partial charge >= 0.3 is 0 Å². The molecule has 0 fully saturated rings. The van der Waals surface area contributed by atoms with E-state index in [0.717, 1.165) is 21.5 Å². The van der Waals surface area contributed by atoms with Crippen LogP contribution in [0.3, 0.4) is 0 Å². The van der Waals surface area contributed by atoms with Crippen molar-refractivity contribution in [2.24, 2.45) is 0 Å². The van der Waals surface area contributed by atoms with Gasteiger partial charge in [0.1, 0.15) is 16.8 Å². The molecule has 1 unspecified atom stereocenters. The minimum atomic E-state index is -2.78. The summed E-state index contributed by atoms with van der Waals surface area (Å²) in [5, 5.41) is 15.8. The van der Waals surface area contributed by atoms with E-state index in [-0.39, 0.29) is 6.54 Å². The summed E-state index contributed by atoms with van der Waals surface area (Å²) in [6.07, 6.45) is -3.63. The van der Waals surface area contributed by atoms with Gasteiger partial charge in [0.25, 0.3) is 6.43 Å². The molecule has 0 aliphatic rings. The molecule has 0 bridgehead atoms. The number of anilines is 2. The number of thiophene rings is 1. The number of fused-ring (bicyclic) bond motifs is 1. The van der Waals surface area contributed by atoms with Crippen LogP contribution in [0, 0.1) is 0 Å². The van der Waals surface area contributed by atoms with E-state index >= 15 is 0 Å². The fourth-order valence-electron chi connectivity index (χ4n) is 1.81. The van der Waals surface area contributed by atoms with Crippen LogP contribution >= 0.6 is 11.3 Å². The van der Waals surface area contributed by atoms with Crippen LogP contribution in [0.2, 0.25) is 0 Å². The highest BCUT2D eigenvalue weighted by Gasteiger charge is 2.18. The molecule has 0 saturated carbocycles. The van der Waals surface area contributed by atoms with Crippen molar-refractivity contribution in [2.75, 3.05) is 23.7 Å². The normalized spacial score (nSPS) is 12.9. The number of aryl methyl sites for hydroxylation is 1. The van der Waals surface area contributed by atoms with Crippen molar-refractivity contribution in [1.29, 1.82) is 0 Å². The lowest BCUT2D eigenvalue weighted by atomic mass is 10.3. The van der Waals surface area contributed by atoms with Gasteiger partial charge in [-0.25, -0.2) is 13.8 Å². The molecule has 2 aromatic heterocycles. The lowest BCUT2D eigenvalue weighted by molar-refractivity contribution is 0.00382. The van der Waals surface area contributed by atoms with Crippen molar-refractivity contribution in [3.05, 3.63) is 10.9 Å². The number of aliphatic hydroxyl groups is 1. The zero-order valence-electron chi connectivity index (χ0n) is 11.9. The van der Waals surface area contributed by atoms with E-state index in [1.165, 1.54) is 0 Å². The molecule has 3 N–H and O–H groups in total. The molecule has 0 radical (unpaired) electrons. The molecular weight excluding hydrogens is 298 g/mol. The molecule has 21 heavy (non-hydrogen) atoms. The van der Waals surface area contributed by atoms with E-state index in [1.54, 1.807) is 11.3 Å². The first-order valence-electron chi connectivity index (χ1n) is 6.79. The Morgan fingerprint density at radius 2 is 2.05 bits per heavy atom. The number of aliphatic hydroxyl groups excluding tert-OH is 1. The van der Waals surface area contributed by atoms with Gasteiger partial charge in [0.2, 0.25) is 5.95 Å². The van der Waals surface area contributed by atoms with Gasteiger partial charge in [-0.15, -0.1) is 11.3 Å². The van der Waals surface area contributed by atoms with Crippen molar-refractivity contribution in [3.63, 3.8) is 0 Å². The second-order valence-corrected chi connectivity index (χ2v) is 5.61. The zero-order chi connectivity index (χ0) is 15.4. The Kier molecular flexibility index (Phi) is 5.24. The Balaban J connectivity index is 2.31. The fraction of sp³-hybridized carbons (Fsp3) is 0.538. The molecule has 116 valence electrons. The highest BCUT2D eigenvalue weighted by atomic mass is 32.1. The summed E-state index contributed by atoms with van der Waals surface area (Å²) >= 11 is 1.55. The number of nitrogens with one attached hydrogen (secondary N) is 2. The number of hydrogen-bond acceptors (Lipinski definition) is 6. The number of aromatic nitrogens is 2. The minimum Gasteiger partial charge on any atom is -0.385 e. The highest BCUT2D eigenvalue weighted by molar-refractivity contribution is 7.18. The summed E-state index contributed by atoms with van der Waals surface area (Å²) in [5.74, 6) is 0.912. The van der Waals surface area contributed by atoms with E-state index in [2.05, 4.69) is 20.6 Å². The predicted octanol–water partition coefficient (Wildman–Crippen LogP) is 2.72. The molecule has 5 nitrogen and oxygen atoms in total. The summed E-state index contributed by atoms with van der Waals surface area (Å²) in [6, 6.07) is 1.95. The van der Waals surface area contributed by atoms with Gasteiger partial charge in [0.15, 0.2) is 0 Å². The number of alkyl halides is 2. The van der Waals surface area contributed by atoms with Crippen LogP contribution in [-0.4, -0.2) is 40.7 Å². The van der Waals surface area contributed by atoms with E-state index in [9.17, 15) is 13.9 Å². The molecule has 0 aliphatic carbocycles. The number of rotatable bonds is 7. The summed E-state index contributed by atoms with van der Waals surface area (Å²) in [6.45, 7) is 4.37. The van der Waals surface area contributed by atoms with E-state index < -0.39 is 12.5 Å². The maximum atomic E-state index is 12.4. The van der Waals surface area contributed by atoms with Crippen molar-refractivity contribution in [3.8, 4) is 0 Å². The molecule has 1 atom stereocenters. The standard InChI is InChI=1S/C13H18F2N4OS/c1-3-7-5-8-11(17-6-9(20)10(14)15)18-13(16-4-2)19-12(8)21-7/h5,9-10,20H,3-4,6H2,1-2H3,(H2,16,17,18,19). The quantitative estimate of drug-likeness (QED) is 0.733. The maximum Gasteiger partial charge on any atom is 0.265 e. The Morgan fingerprint density at radius 1 is 1.29 bits per heavy atom. The Hall–Kier alpha value is -1.54. The lowest BCUT2D eigenvalue weighted by Gasteiger charge is -2.12. The van der Waals surface area contributed by atoms with Crippen molar-refractivity contribution in [2.45, 2.75) is 32.8 Å². The lowest BCUT2D eigenvalue weighted by Crippen LogP contribution is -2.27. The first-order chi connectivity index (χ1) is 10.0. The average molecular weight is 316 g/mol. The number of nitrogens with zero attached hydrogens (tertiary/aromatic N) is 2. The Morgan fingerprint density at radius 3 is 2.67 bits per heavy atom. The molecule has 8 heteroatoms. The third kappa shape index (κ3) is 3.76. The number of hydrogen-bond donors (Lipinski definition) is 3. The monoisotopic (exact) mass is 316 g/mol. The second-order valence-electron chi connectivity index (χ2n) is 4.49. The predicted molar refractivity (Wildman–Crippen MR) is 81.5 cm³/mol. The van der Waals surface area contributed by atoms with Crippen LogP contribution < -0.4 is 10.6 Å². The van der Waals surface area contributed by atoms with Gasteiger partial charge in [-0.3, -0.25) is 0 Å². The van der Waals surface area contributed by atoms with E-state index in [1.807, 2.05) is 19.9 Å². The van der Waals surface area contributed by atoms with Crippen LogP contribution in [0.4, 0.5) is 20.5 Å². The third-order valence-corrected chi connectivity index (χ3v) is 4.07. The smallest absolute Gasteiger partial charge is 0.265 e. The molecule has 2 rings (SSSR count). The first-order valence-corrected chi connectivity index (χ1v) is 7.61. The van der Waals surface area contributed by atoms with Gasteiger partial charge in [-0.05, 0) is 19.4 Å². The van der Waals surface area contributed by atoms with Gasteiger partial charge in [0.05, 0.1) is 5.39 Å². The number of halogens is 2. The molecule has 2 heterocycles. The molecule has 0 aliphatic heterocycles. The van der Waals surface area contributed by atoms with E-state index in [0.29, 0.717) is 18.3 Å². The third-order valence-electron chi connectivity index (χ3n) is 2.90. The van der Waals surface area contributed by atoms with Gasteiger partial charge in [-0.1, -0.05) is 6.92 Å². The largest absolute Gasteiger partial charge is 0.385 e. The van der Waals surface area contributed by atoms with Gasteiger partial charge < -0.3 is 15.7 Å². The molecule has 0 saturated heterocycles. The average Bonchev–Trinajstić information content (AvgIpc) is 2.87. The molecule has 0 aromatic carbocycles. The summed E-state index contributed by atoms with van der Waals surface area (Å²) in [4.78, 5) is 10.6. The molecular formula is C13H18F2N4OS. The van der Waals surface area contributed by atoms with Gasteiger partial charge in [-0.2, -0.15) is 4.98 Å². The minimum absolute atomic E-state index is 0.257. The van der Waals surface area contributed by atoms with Crippen LogP contribution in [0.1, 0.15) is 18.7 Å². The van der Waals surface area contributed by atoms with Crippen molar-refractivity contribution >= 4 is 33.3 Å². The fourth-order valence-corrected chi connectivity index (χ4v) is 2.77. The topological polar surface area (TPSA) is 70.1 Å². The maximum absolute atomic E-state index is 12.4. The van der Waals surface area contributed by atoms with E-state index in [4.69, 9.17) is 0 Å². The SMILES string of the molecule is CCNc1nc(NCC(O)C(F)F)c2cc(CC)sc2n1. The van der Waals surface area contributed by atoms with Crippen LogP contribution in [0.5, 0.6) is 0 Å². The Labute approximate surface area is 125 Å². The molecule has 2 aromatic rings. The van der Waals surface area contributed by atoms with Crippen LogP contribution in [-0.2, 0) is 6.42 Å².